The van der Waals surface area contributed by atoms with Gasteiger partial charge < -0.3 is 19.3 Å². The van der Waals surface area contributed by atoms with Crippen LogP contribution in [0, 0.1) is 5.82 Å². The van der Waals surface area contributed by atoms with Gasteiger partial charge in [0.2, 0.25) is 10.0 Å². The second-order valence-electron chi connectivity index (χ2n) is 11.1. The van der Waals surface area contributed by atoms with Crippen LogP contribution in [0.3, 0.4) is 0 Å². The number of amides is 2. The number of carbonyl (C=O) groups excluding carboxylic acids is 3. The number of nitrogens with one attached hydrogen (secondary N) is 2. The first kappa shape index (κ1) is 31.0. The lowest BCUT2D eigenvalue weighted by Crippen LogP contribution is -2.49. The molecule has 4 rings (SSSR count). The Labute approximate surface area is 244 Å². The van der Waals surface area contributed by atoms with Crippen molar-refractivity contribution in [1.82, 2.24) is 15.8 Å². The van der Waals surface area contributed by atoms with Crippen molar-refractivity contribution >= 4 is 45.0 Å². The Morgan fingerprint density at radius 2 is 1.83 bits per heavy atom. The van der Waals surface area contributed by atoms with Crippen LogP contribution in [0.2, 0.25) is 0 Å². The lowest BCUT2D eigenvalue weighted by Gasteiger charge is -2.29. The molecule has 0 atom stereocenters. The maximum atomic E-state index is 13.6. The van der Waals surface area contributed by atoms with E-state index in [2.05, 4.69) is 10.7 Å². The summed E-state index contributed by atoms with van der Waals surface area (Å²) in [5.41, 5.74) is 4.16. The lowest BCUT2D eigenvalue weighted by molar-refractivity contribution is -0.109. The minimum absolute atomic E-state index is 0.0230. The predicted molar refractivity (Wildman–Crippen MR) is 156 cm³/mol. The number of rotatable bonds is 11. The van der Waals surface area contributed by atoms with Crippen molar-refractivity contribution < 1.29 is 36.3 Å². The highest BCUT2D eigenvalue weighted by molar-refractivity contribution is 7.92. The zero-order valence-electron chi connectivity index (χ0n) is 24.2. The van der Waals surface area contributed by atoms with Gasteiger partial charge in [0.1, 0.15) is 29.0 Å². The molecule has 1 aliphatic carbocycles. The van der Waals surface area contributed by atoms with Crippen LogP contribution in [0.5, 0.6) is 0 Å². The summed E-state index contributed by atoms with van der Waals surface area (Å²) >= 11 is 0. The van der Waals surface area contributed by atoms with Crippen molar-refractivity contribution in [3.05, 3.63) is 53.3 Å². The first-order valence-electron chi connectivity index (χ1n) is 13.5. The summed E-state index contributed by atoms with van der Waals surface area (Å²) in [6.07, 6.45) is 2.53. The average Bonchev–Trinajstić information content (AvgIpc) is 3.68. The fourth-order valence-electron chi connectivity index (χ4n) is 4.59. The van der Waals surface area contributed by atoms with Crippen LogP contribution in [0.15, 0.2) is 40.8 Å². The first-order valence-corrected chi connectivity index (χ1v) is 15.3. The minimum atomic E-state index is -3.83. The molecule has 11 nitrogen and oxygen atoms in total. The van der Waals surface area contributed by atoms with Crippen LogP contribution in [-0.2, 0) is 19.6 Å². The van der Waals surface area contributed by atoms with E-state index in [9.17, 15) is 27.2 Å². The molecule has 226 valence electrons. The third kappa shape index (κ3) is 7.08. The van der Waals surface area contributed by atoms with Gasteiger partial charge >= 0.3 is 6.09 Å². The van der Waals surface area contributed by atoms with Gasteiger partial charge in [0, 0.05) is 37.2 Å². The molecule has 0 radical (unpaired) electrons. The maximum absolute atomic E-state index is 13.6. The highest BCUT2D eigenvalue weighted by Crippen LogP contribution is 2.48. The highest BCUT2D eigenvalue weighted by Gasteiger charge is 2.33. The van der Waals surface area contributed by atoms with E-state index in [1.54, 1.807) is 32.9 Å². The van der Waals surface area contributed by atoms with E-state index >= 15 is 0 Å². The van der Waals surface area contributed by atoms with Gasteiger partial charge in [-0.25, -0.2) is 28.0 Å². The van der Waals surface area contributed by atoms with Crippen molar-refractivity contribution in [2.24, 2.45) is 0 Å². The molecule has 3 aromatic rings. The van der Waals surface area contributed by atoms with Crippen LogP contribution in [0.25, 0.3) is 22.3 Å². The van der Waals surface area contributed by atoms with E-state index in [1.165, 1.54) is 35.6 Å². The van der Waals surface area contributed by atoms with Gasteiger partial charge in [0.15, 0.2) is 0 Å². The SMILES string of the molecule is CNC(=O)c1c(-c2ccc(F)cc2)oc2cc(N(CCNN(CC=O)C(=O)OC(C)(C)C)S(C)(=O)=O)c(C3CC3)cc12. The molecular formula is C29H35FN4O7S. The molecule has 1 aliphatic rings. The maximum Gasteiger partial charge on any atom is 0.425 e. The van der Waals surface area contributed by atoms with Gasteiger partial charge in [-0.2, -0.15) is 0 Å². The Hall–Kier alpha value is -3.97. The molecule has 42 heavy (non-hydrogen) atoms. The summed E-state index contributed by atoms with van der Waals surface area (Å²) in [6, 6.07) is 8.93. The molecular weight excluding hydrogens is 567 g/mol. The molecule has 0 saturated heterocycles. The Morgan fingerprint density at radius 3 is 2.38 bits per heavy atom. The number of halogens is 1. The minimum Gasteiger partial charge on any atom is -0.455 e. The average molecular weight is 603 g/mol. The number of hydrazine groups is 1. The third-order valence-electron chi connectivity index (χ3n) is 6.57. The molecule has 1 aromatic heterocycles. The van der Waals surface area contributed by atoms with Gasteiger partial charge in [-0.3, -0.25) is 9.10 Å². The molecule has 0 bridgehead atoms. The highest BCUT2D eigenvalue weighted by atomic mass is 32.2. The molecule has 13 heteroatoms. The number of fused-ring (bicyclic) bond motifs is 1. The summed E-state index contributed by atoms with van der Waals surface area (Å²) in [5.74, 6) is -0.524. The number of anilines is 1. The zero-order chi connectivity index (χ0) is 30.8. The number of hydrogen-bond donors (Lipinski definition) is 2. The summed E-state index contributed by atoms with van der Waals surface area (Å²) in [4.78, 5) is 36.7. The molecule has 1 fully saturated rings. The van der Waals surface area contributed by atoms with Crippen LogP contribution in [-0.4, -0.2) is 70.3 Å². The number of hydrogen-bond acceptors (Lipinski definition) is 8. The van der Waals surface area contributed by atoms with Crippen LogP contribution in [0.1, 0.15) is 55.5 Å². The number of aldehydes is 1. The van der Waals surface area contributed by atoms with E-state index in [0.717, 1.165) is 29.7 Å². The van der Waals surface area contributed by atoms with Crippen molar-refractivity contribution in [1.29, 1.82) is 0 Å². The number of carbonyl (C=O) groups is 3. The van der Waals surface area contributed by atoms with Gasteiger partial charge in [-0.15, -0.1) is 0 Å². The predicted octanol–water partition coefficient (Wildman–Crippen LogP) is 4.18. The summed E-state index contributed by atoms with van der Waals surface area (Å²) in [5, 5.41) is 4.12. The first-order chi connectivity index (χ1) is 19.7. The molecule has 2 N–H and O–H groups in total. The Kier molecular flexibility index (Phi) is 8.92. The molecule has 0 spiro atoms. The van der Waals surface area contributed by atoms with Crippen molar-refractivity contribution in [3.8, 4) is 11.3 Å². The monoisotopic (exact) mass is 602 g/mol. The summed E-state index contributed by atoms with van der Waals surface area (Å²) < 4.78 is 52.4. The molecule has 1 saturated carbocycles. The van der Waals surface area contributed by atoms with E-state index in [0.29, 0.717) is 22.9 Å². The van der Waals surface area contributed by atoms with Crippen LogP contribution in [0.4, 0.5) is 14.9 Å². The number of nitrogens with zero attached hydrogens (tertiary/aromatic N) is 2. The quantitative estimate of drug-likeness (QED) is 0.246. The smallest absolute Gasteiger partial charge is 0.425 e. The number of ether oxygens (including phenoxy) is 1. The van der Waals surface area contributed by atoms with Crippen LogP contribution < -0.4 is 15.0 Å². The molecule has 0 unspecified atom stereocenters. The fraction of sp³-hybridized carbons (Fsp3) is 0.414. The summed E-state index contributed by atoms with van der Waals surface area (Å²) in [7, 11) is -2.33. The molecule has 1 heterocycles. The van der Waals surface area contributed by atoms with Gasteiger partial charge in [0.05, 0.1) is 24.1 Å². The van der Waals surface area contributed by atoms with E-state index in [-0.39, 0.29) is 42.5 Å². The van der Waals surface area contributed by atoms with Gasteiger partial charge in [-0.1, -0.05) is 0 Å². The number of benzene rings is 2. The Balaban J connectivity index is 1.74. The Morgan fingerprint density at radius 1 is 1.17 bits per heavy atom. The van der Waals surface area contributed by atoms with Crippen LogP contribution >= 0.6 is 0 Å². The second-order valence-corrected chi connectivity index (χ2v) is 13.0. The fourth-order valence-corrected chi connectivity index (χ4v) is 5.53. The van der Waals surface area contributed by atoms with Gasteiger partial charge in [-0.05, 0) is 75.4 Å². The van der Waals surface area contributed by atoms with E-state index < -0.39 is 33.4 Å². The molecule has 2 amide bonds. The van der Waals surface area contributed by atoms with Crippen molar-refractivity contribution in [3.63, 3.8) is 0 Å². The standard InChI is InChI=1S/C29H35FN4O7S/c1-29(2,3)41-28(37)33(14-15-35)32-12-13-34(42(5,38)39)23-17-24-22(16-21(23)18-6-7-18)25(27(36)31-4)26(40-24)19-8-10-20(30)11-9-19/h8-11,15-18,32H,6-7,12-14H2,1-5H3,(H,31,36). The lowest BCUT2D eigenvalue weighted by atomic mass is 10.0. The zero-order valence-corrected chi connectivity index (χ0v) is 25.0. The van der Waals surface area contributed by atoms with Crippen molar-refractivity contribution in [2.75, 3.05) is 37.2 Å². The van der Waals surface area contributed by atoms with E-state index in [1.807, 2.05) is 0 Å². The second kappa shape index (κ2) is 12.1. The summed E-state index contributed by atoms with van der Waals surface area (Å²) in [6.45, 7) is 4.67. The van der Waals surface area contributed by atoms with E-state index in [4.69, 9.17) is 9.15 Å². The molecule has 2 aromatic carbocycles. The number of furan rings is 1. The molecule has 0 aliphatic heterocycles. The Bertz CT molecular complexity index is 1590. The third-order valence-corrected chi connectivity index (χ3v) is 7.75. The largest absolute Gasteiger partial charge is 0.455 e. The van der Waals surface area contributed by atoms with Crippen molar-refractivity contribution in [2.45, 2.75) is 45.1 Å². The number of sulfonamides is 1. The topological polar surface area (TPSA) is 138 Å². The van der Waals surface area contributed by atoms with Gasteiger partial charge in [0.25, 0.3) is 5.91 Å². The normalized spacial score (nSPS) is 13.6.